The van der Waals surface area contributed by atoms with Crippen molar-refractivity contribution in [2.24, 2.45) is 11.8 Å². The van der Waals surface area contributed by atoms with E-state index in [2.05, 4.69) is 134 Å². The lowest BCUT2D eigenvalue weighted by molar-refractivity contribution is 0.296. The van der Waals surface area contributed by atoms with Crippen LogP contribution in [0.15, 0.2) is 127 Å². The minimum Gasteiger partial charge on any atom is -0.458 e. The molecule has 10 rings (SSSR count). The highest BCUT2D eigenvalue weighted by atomic mass is 32.1. The standard InChI is InChI=1S/C42H31NOS/c1-24-19-25(2)41-39(20-24)44-38-14-8-7-13-37(38)43(41)27-16-18-28-26(21-27)15-17-33-36-22-34-31-11-5-3-9-29(31)30-10-4-6-12-32(30)35(34)23-40(36)45-42(28)33/h3-18,21-25H,19-20H2,1-2H3. The molecule has 0 spiro atoms. The Morgan fingerprint density at radius 3 is 2.07 bits per heavy atom. The average molecular weight is 598 g/mol. The average Bonchev–Trinajstić information content (AvgIpc) is 3.44. The molecule has 2 aliphatic rings. The lowest BCUT2D eigenvalue weighted by Crippen LogP contribution is -2.32. The first-order valence-corrected chi connectivity index (χ1v) is 16.9. The molecule has 8 aromatic rings. The summed E-state index contributed by atoms with van der Waals surface area (Å²) in [5.74, 6) is 3.13. The number of anilines is 2. The van der Waals surface area contributed by atoms with Crippen molar-refractivity contribution in [3.63, 3.8) is 0 Å². The van der Waals surface area contributed by atoms with Gasteiger partial charge in [0, 0.05) is 38.2 Å². The second kappa shape index (κ2) is 9.32. The van der Waals surface area contributed by atoms with Crippen molar-refractivity contribution >= 4 is 86.0 Å². The van der Waals surface area contributed by atoms with Crippen molar-refractivity contribution in [3.8, 4) is 5.75 Å². The van der Waals surface area contributed by atoms with Crippen LogP contribution in [-0.2, 0) is 0 Å². The van der Waals surface area contributed by atoms with Gasteiger partial charge in [-0.2, -0.15) is 0 Å². The summed E-state index contributed by atoms with van der Waals surface area (Å²) in [5.41, 5.74) is 3.66. The summed E-state index contributed by atoms with van der Waals surface area (Å²) in [6.07, 6.45) is 2.16. The third kappa shape index (κ3) is 3.62. The fourth-order valence-electron chi connectivity index (χ4n) is 8.29. The van der Waals surface area contributed by atoms with Crippen LogP contribution in [0.2, 0.25) is 0 Å². The number of ether oxygens (including phenoxy) is 1. The van der Waals surface area contributed by atoms with E-state index in [1.54, 1.807) is 0 Å². The SMILES string of the molecule is CC1CC2=C(C(C)C1)N(c1ccc3c(ccc4c5cc6c7ccccc7c7ccccc7c6cc5sc34)c1)c1ccccc1O2. The topological polar surface area (TPSA) is 12.5 Å². The zero-order chi connectivity index (χ0) is 29.8. The molecule has 0 fully saturated rings. The van der Waals surface area contributed by atoms with Crippen LogP contribution >= 0.6 is 11.3 Å². The van der Waals surface area contributed by atoms with Crippen molar-refractivity contribution in [1.82, 2.24) is 0 Å². The largest absolute Gasteiger partial charge is 0.458 e. The van der Waals surface area contributed by atoms with Crippen molar-refractivity contribution in [1.29, 1.82) is 0 Å². The molecule has 1 aliphatic carbocycles. The second-order valence-electron chi connectivity index (χ2n) is 13.1. The van der Waals surface area contributed by atoms with Gasteiger partial charge in [0.05, 0.1) is 11.4 Å². The van der Waals surface area contributed by atoms with Gasteiger partial charge < -0.3 is 9.64 Å². The number of para-hydroxylation sites is 2. The Morgan fingerprint density at radius 2 is 1.29 bits per heavy atom. The Balaban J connectivity index is 1.20. The van der Waals surface area contributed by atoms with E-state index in [-0.39, 0.29) is 0 Å². The quantitative estimate of drug-likeness (QED) is 0.175. The molecule has 2 heterocycles. The van der Waals surface area contributed by atoms with E-state index in [1.807, 2.05) is 11.3 Å². The first-order chi connectivity index (χ1) is 22.1. The minimum atomic E-state index is 0.430. The summed E-state index contributed by atoms with van der Waals surface area (Å²) in [7, 11) is 0. The van der Waals surface area contributed by atoms with Crippen LogP contribution in [0.3, 0.4) is 0 Å². The third-order valence-corrected chi connectivity index (χ3v) is 11.4. The van der Waals surface area contributed by atoms with E-state index in [0.717, 1.165) is 23.6 Å². The summed E-state index contributed by atoms with van der Waals surface area (Å²) >= 11 is 1.93. The first-order valence-electron chi connectivity index (χ1n) is 16.0. The summed E-state index contributed by atoms with van der Waals surface area (Å²) in [5, 5.41) is 13.2. The molecule has 216 valence electrons. The van der Waals surface area contributed by atoms with Gasteiger partial charge in [0.25, 0.3) is 0 Å². The molecule has 1 aromatic heterocycles. The molecule has 0 saturated carbocycles. The molecular formula is C42H31NOS. The van der Waals surface area contributed by atoms with Crippen LogP contribution in [0.1, 0.15) is 26.7 Å². The lowest BCUT2D eigenvalue weighted by Gasteiger charge is -2.41. The lowest BCUT2D eigenvalue weighted by atomic mass is 9.83. The highest BCUT2D eigenvalue weighted by Crippen LogP contribution is 2.50. The summed E-state index contributed by atoms with van der Waals surface area (Å²) in [4.78, 5) is 2.47. The van der Waals surface area contributed by atoms with Crippen LogP contribution in [0.5, 0.6) is 5.75 Å². The molecule has 2 atom stereocenters. The highest BCUT2D eigenvalue weighted by molar-refractivity contribution is 7.26. The number of rotatable bonds is 1. The summed E-state index contributed by atoms with van der Waals surface area (Å²) < 4.78 is 9.24. The van der Waals surface area contributed by atoms with Crippen LogP contribution in [0.25, 0.3) is 63.3 Å². The maximum Gasteiger partial charge on any atom is 0.151 e. The molecule has 1 aliphatic heterocycles. The maximum atomic E-state index is 6.53. The van der Waals surface area contributed by atoms with E-state index in [4.69, 9.17) is 4.74 Å². The Hall–Kier alpha value is -4.86. The fraction of sp³-hybridized carbons (Fsp3) is 0.143. The molecule has 2 nitrogen and oxygen atoms in total. The van der Waals surface area contributed by atoms with Crippen molar-refractivity contribution in [3.05, 3.63) is 127 Å². The van der Waals surface area contributed by atoms with Crippen molar-refractivity contribution in [2.45, 2.75) is 26.7 Å². The summed E-state index contributed by atoms with van der Waals surface area (Å²) in [6.45, 7) is 4.70. The maximum absolute atomic E-state index is 6.53. The van der Waals surface area contributed by atoms with Gasteiger partial charge in [0.1, 0.15) is 5.76 Å². The van der Waals surface area contributed by atoms with E-state index >= 15 is 0 Å². The van der Waals surface area contributed by atoms with Crippen molar-refractivity contribution < 1.29 is 4.74 Å². The Morgan fingerprint density at radius 1 is 0.622 bits per heavy atom. The van der Waals surface area contributed by atoms with Gasteiger partial charge in [-0.05, 0) is 91.8 Å². The van der Waals surface area contributed by atoms with E-state index in [1.165, 1.54) is 81.1 Å². The smallest absolute Gasteiger partial charge is 0.151 e. The number of hydrogen-bond acceptors (Lipinski definition) is 3. The molecule has 45 heavy (non-hydrogen) atoms. The number of benzene rings is 7. The predicted octanol–water partition coefficient (Wildman–Crippen LogP) is 12.5. The normalized spacial score (nSPS) is 18.3. The van der Waals surface area contributed by atoms with E-state index in [0.29, 0.717) is 11.8 Å². The molecule has 2 unspecified atom stereocenters. The fourth-order valence-corrected chi connectivity index (χ4v) is 9.55. The zero-order valence-electron chi connectivity index (χ0n) is 25.3. The van der Waals surface area contributed by atoms with Gasteiger partial charge in [0.2, 0.25) is 0 Å². The van der Waals surface area contributed by atoms with E-state index < -0.39 is 0 Å². The first kappa shape index (κ1) is 25.5. The molecule has 0 radical (unpaired) electrons. The van der Waals surface area contributed by atoms with Crippen molar-refractivity contribution in [2.75, 3.05) is 4.90 Å². The van der Waals surface area contributed by atoms with Crippen LogP contribution in [-0.4, -0.2) is 0 Å². The molecule has 3 heteroatoms. The Bertz CT molecular complexity index is 2570. The van der Waals surface area contributed by atoms with Gasteiger partial charge in [-0.15, -0.1) is 11.3 Å². The van der Waals surface area contributed by atoms with Gasteiger partial charge in [-0.3, -0.25) is 0 Å². The molecule has 0 amide bonds. The van der Waals surface area contributed by atoms with Crippen LogP contribution in [0, 0.1) is 11.8 Å². The Labute approximate surface area is 265 Å². The highest BCUT2D eigenvalue weighted by Gasteiger charge is 2.35. The van der Waals surface area contributed by atoms with Crippen LogP contribution in [0.4, 0.5) is 11.4 Å². The minimum absolute atomic E-state index is 0.430. The van der Waals surface area contributed by atoms with Gasteiger partial charge in [0.15, 0.2) is 5.75 Å². The second-order valence-corrected chi connectivity index (χ2v) is 14.1. The zero-order valence-corrected chi connectivity index (χ0v) is 26.1. The van der Waals surface area contributed by atoms with Crippen LogP contribution < -0.4 is 9.64 Å². The molecule has 0 N–H and O–H groups in total. The van der Waals surface area contributed by atoms with Gasteiger partial charge >= 0.3 is 0 Å². The summed E-state index contributed by atoms with van der Waals surface area (Å²) in [6, 6.07) is 42.8. The molecule has 0 saturated heterocycles. The molecule has 0 bridgehead atoms. The van der Waals surface area contributed by atoms with E-state index in [9.17, 15) is 0 Å². The number of thiophene rings is 1. The molecule has 7 aromatic carbocycles. The Kier molecular flexibility index (Phi) is 5.28. The number of nitrogens with zero attached hydrogens (tertiary/aromatic N) is 1. The number of allylic oxidation sites excluding steroid dienone is 2. The third-order valence-electron chi connectivity index (χ3n) is 10.2. The monoisotopic (exact) mass is 597 g/mol. The molecular weight excluding hydrogens is 567 g/mol. The number of hydrogen-bond donors (Lipinski definition) is 0. The van der Waals surface area contributed by atoms with Gasteiger partial charge in [-0.25, -0.2) is 0 Å². The predicted molar refractivity (Wildman–Crippen MR) is 193 cm³/mol. The number of fused-ring (bicyclic) bond motifs is 12. The van der Waals surface area contributed by atoms with Gasteiger partial charge in [-0.1, -0.05) is 92.7 Å².